The smallest absolute Gasteiger partial charge is 0.0950 e. The number of hydrogen-bond acceptors (Lipinski definition) is 2. The van der Waals surface area contributed by atoms with E-state index in [4.69, 9.17) is 4.42 Å². The van der Waals surface area contributed by atoms with E-state index in [1.807, 2.05) is 13.0 Å². The molecule has 0 saturated heterocycles. The zero-order valence-electron chi connectivity index (χ0n) is 8.29. The van der Waals surface area contributed by atoms with Crippen molar-refractivity contribution in [2.24, 2.45) is 0 Å². The van der Waals surface area contributed by atoms with Gasteiger partial charge in [0.05, 0.1) is 12.5 Å². The zero-order valence-corrected chi connectivity index (χ0v) is 8.29. The molecule has 1 unspecified atom stereocenters. The van der Waals surface area contributed by atoms with Gasteiger partial charge in [-0.15, -0.1) is 0 Å². The normalized spacial score (nSPS) is 13.7. The van der Waals surface area contributed by atoms with Crippen LogP contribution in [0.1, 0.15) is 31.9 Å². The molecule has 2 nitrogen and oxygen atoms in total. The molecule has 0 aliphatic carbocycles. The molecular formula is C11H17NO. The lowest BCUT2D eigenvalue weighted by Gasteiger charge is -2.10. The quantitative estimate of drug-likeness (QED) is 0.555. The van der Waals surface area contributed by atoms with Gasteiger partial charge in [0, 0.05) is 11.6 Å². The highest BCUT2D eigenvalue weighted by molar-refractivity contribution is 5.10. The molecule has 0 fully saturated rings. The van der Waals surface area contributed by atoms with Gasteiger partial charge in [-0.1, -0.05) is 12.2 Å². The van der Waals surface area contributed by atoms with E-state index in [0.29, 0.717) is 6.04 Å². The molecule has 0 spiro atoms. The predicted octanol–water partition coefficient (Wildman–Crippen LogP) is 2.90. The molecule has 72 valence electrons. The van der Waals surface area contributed by atoms with Gasteiger partial charge >= 0.3 is 0 Å². The molecule has 1 heterocycles. The number of nitrogens with one attached hydrogen (secondary N) is 1. The minimum atomic E-state index is 0.379. The molecule has 0 bridgehead atoms. The first-order valence-corrected chi connectivity index (χ1v) is 4.71. The third-order valence-corrected chi connectivity index (χ3v) is 2.04. The van der Waals surface area contributed by atoms with Gasteiger partial charge in [0.15, 0.2) is 0 Å². The Bertz CT molecular complexity index is 239. The van der Waals surface area contributed by atoms with Crippen LogP contribution in [0.5, 0.6) is 0 Å². The van der Waals surface area contributed by atoms with Gasteiger partial charge in [0.2, 0.25) is 0 Å². The fourth-order valence-electron chi connectivity index (χ4n) is 1.19. The topological polar surface area (TPSA) is 25.2 Å². The summed E-state index contributed by atoms with van der Waals surface area (Å²) in [6.45, 7) is 5.19. The Morgan fingerprint density at radius 2 is 2.46 bits per heavy atom. The van der Waals surface area contributed by atoms with Crippen LogP contribution in [0.2, 0.25) is 0 Å². The second-order valence-corrected chi connectivity index (χ2v) is 3.09. The van der Waals surface area contributed by atoms with Gasteiger partial charge in [0.1, 0.15) is 0 Å². The van der Waals surface area contributed by atoms with Gasteiger partial charge in [-0.25, -0.2) is 0 Å². The van der Waals surface area contributed by atoms with E-state index in [-0.39, 0.29) is 0 Å². The zero-order chi connectivity index (χ0) is 9.52. The Kier molecular flexibility index (Phi) is 4.33. The van der Waals surface area contributed by atoms with E-state index < -0.39 is 0 Å². The summed E-state index contributed by atoms with van der Waals surface area (Å²) >= 11 is 0. The van der Waals surface area contributed by atoms with E-state index in [1.165, 1.54) is 5.56 Å². The minimum Gasteiger partial charge on any atom is -0.472 e. The molecular weight excluding hydrogens is 162 g/mol. The molecule has 0 aromatic carbocycles. The Labute approximate surface area is 79.6 Å². The lowest BCUT2D eigenvalue weighted by molar-refractivity contribution is 0.541. The maximum Gasteiger partial charge on any atom is 0.0950 e. The van der Waals surface area contributed by atoms with Crippen LogP contribution in [-0.4, -0.2) is 6.54 Å². The molecule has 1 aromatic rings. The Hall–Kier alpha value is -1.02. The molecule has 0 amide bonds. The minimum absolute atomic E-state index is 0.379. The van der Waals surface area contributed by atoms with Crippen LogP contribution in [0.4, 0.5) is 0 Å². The van der Waals surface area contributed by atoms with Crippen molar-refractivity contribution in [2.75, 3.05) is 6.54 Å². The molecule has 2 heteroatoms. The van der Waals surface area contributed by atoms with Gasteiger partial charge in [-0.05, 0) is 32.9 Å². The van der Waals surface area contributed by atoms with E-state index in [9.17, 15) is 0 Å². The highest BCUT2D eigenvalue weighted by atomic mass is 16.3. The number of allylic oxidation sites excluding steroid dienone is 1. The van der Waals surface area contributed by atoms with Crippen LogP contribution in [0.15, 0.2) is 35.2 Å². The Morgan fingerprint density at radius 1 is 1.62 bits per heavy atom. The van der Waals surface area contributed by atoms with Crippen molar-refractivity contribution in [1.82, 2.24) is 5.32 Å². The molecule has 13 heavy (non-hydrogen) atoms. The Balaban J connectivity index is 2.22. The van der Waals surface area contributed by atoms with E-state index in [2.05, 4.69) is 24.4 Å². The molecule has 0 radical (unpaired) electrons. The van der Waals surface area contributed by atoms with E-state index >= 15 is 0 Å². The molecule has 0 aliphatic rings. The maximum atomic E-state index is 5.01. The third-order valence-electron chi connectivity index (χ3n) is 2.04. The van der Waals surface area contributed by atoms with Crippen LogP contribution in [0, 0.1) is 0 Å². The standard InChI is InChI=1S/C11H17NO/c1-3-4-5-7-12-10(2)11-6-8-13-9-11/h3-4,6,8-10,12H,5,7H2,1-2H3/b4-3+. The summed E-state index contributed by atoms with van der Waals surface area (Å²) in [7, 11) is 0. The average molecular weight is 179 g/mol. The summed E-state index contributed by atoms with van der Waals surface area (Å²) in [6, 6.07) is 2.37. The van der Waals surface area contributed by atoms with Gasteiger partial charge in [0.25, 0.3) is 0 Å². The molecule has 1 aromatic heterocycles. The first-order chi connectivity index (χ1) is 6.34. The van der Waals surface area contributed by atoms with Crippen LogP contribution < -0.4 is 5.32 Å². The molecule has 1 atom stereocenters. The maximum absolute atomic E-state index is 5.01. The summed E-state index contributed by atoms with van der Waals surface area (Å²) in [5, 5.41) is 3.41. The van der Waals surface area contributed by atoms with Crippen molar-refractivity contribution in [1.29, 1.82) is 0 Å². The average Bonchev–Trinajstić information content (AvgIpc) is 2.65. The van der Waals surface area contributed by atoms with Crippen LogP contribution in [0.3, 0.4) is 0 Å². The third kappa shape index (κ3) is 3.47. The first-order valence-electron chi connectivity index (χ1n) is 4.71. The summed E-state index contributed by atoms with van der Waals surface area (Å²) < 4.78 is 5.01. The van der Waals surface area contributed by atoms with Crippen molar-refractivity contribution in [3.63, 3.8) is 0 Å². The number of hydrogen-bond donors (Lipinski definition) is 1. The summed E-state index contributed by atoms with van der Waals surface area (Å²) in [6.07, 6.45) is 8.81. The molecule has 0 aliphatic heterocycles. The van der Waals surface area contributed by atoms with Crippen LogP contribution in [-0.2, 0) is 0 Å². The molecule has 0 saturated carbocycles. The summed E-state index contributed by atoms with van der Waals surface area (Å²) in [5.41, 5.74) is 1.21. The van der Waals surface area contributed by atoms with Gasteiger partial charge < -0.3 is 9.73 Å². The van der Waals surface area contributed by atoms with Crippen molar-refractivity contribution >= 4 is 0 Å². The first kappa shape index (κ1) is 10.1. The van der Waals surface area contributed by atoms with Crippen molar-refractivity contribution in [3.8, 4) is 0 Å². The second kappa shape index (κ2) is 5.60. The van der Waals surface area contributed by atoms with E-state index in [0.717, 1.165) is 13.0 Å². The molecule has 1 rings (SSSR count). The monoisotopic (exact) mass is 179 g/mol. The second-order valence-electron chi connectivity index (χ2n) is 3.09. The Morgan fingerprint density at radius 3 is 3.08 bits per heavy atom. The van der Waals surface area contributed by atoms with E-state index in [1.54, 1.807) is 12.5 Å². The summed E-state index contributed by atoms with van der Waals surface area (Å²) in [4.78, 5) is 0. The van der Waals surface area contributed by atoms with Gasteiger partial charge in [-0.3, -0.25) is 0 Å². The highest BCUT2D eigenvalue weighted by Gasteiger charge is 2.03. The highest BCUT2D eigenvalue weighted by Crippen LogP contribution is 2.11. The van der Waals surface area contributed by atoms with Crippen molar-refractivity contribution in [3.05, 3.63) is 36.3 Å². The predicted molar refractivity (Wildman–Crippen MR) is 54.6 cm³/mol. The lowest BCUT2D eigenvalue weighted by atomic mass is 10.2. The number of rotatable bonds is 5. The molecule has 1 N–H and O–H groups in total. The van der Waals surface area contributed by atoms with Crippen molar-refractivity contribution < 1.29 is 4.42 Å². The van der Waals surface area contributed by atoms with Gasteiger partial charge in [-0.2, -0.15) is 0 Å². The SMILES string of the molecule is C/C=C/CCNC(C)c1ccoc1. The summed E-state index contributed by atoms with van der Waals surface area (Å²) in [5.74, 6) is 0. The fourth-order valence-corrected chi connectivity index (χ4v) is 1.19. The van der Waals surface area contributed by atoms with Crippen molar-refractivity contribution in [2.45, 2.75) is 26.3 Å². The fraction of sp³-hybridized carbons (Fsp3) is 0.455. The number of furan rings is 1. The van der Waals surface area contributed by atoms with Crippen LogP contribution >= 0.6 is 0 Å². The largest absolute Gasteiger partial charge is 0.472 e. The van der Waals surface area contributed by atoms with Crippen LogP contribution in [0.25, 0.3) is 0 Å². The lowest BCUT2D eigenvalue weighted by Crippen LogP contribution is -2.18.